The molecule has 4 aliphatic rings. The van der Waals surface area contributed by atoms with Crippen molar-refractivity contribution in [1.82, 2.24) is 0 Å². The Balaban J connectivity index is 1.47. The lowest BCUT2D eigenvalue weighted by Gasteiger charge is -2.55. The van der Waals surface area contributed by atoms with Crippen LogP contribution in [0.2, 0.25) is 0 Å². The molecule has 0 radical (unpaired) electrons. The van der Waals surface area contributed by atoms with E-state index in [-0.39, 0.29) is 18.0 Å². The third-order valence-corrected chi connectivity index (χ3v) is 6.00. The maximum atomic E-state index is 12.8. The lowest BCUT2D eigenvalue weighted by atomic mass is 9.49. The first-order valence-electron chi connectivity index (χ1n) is 8.35. The molecule has 4 heteroatoms. The van der Waals surface area contributed by atoms with Crippen molar-refractivity contribution in [2.24, 2.45) is 23.2 Å². The number of hydrogen-bond acceptors (Lipinski definition) is 4. The monoisotopic (exact) mass is 300 g/mol. The van der Waals surface area contributed by atoms with E-state index in [0.29, 0.717) is 11.4 Å². The van der Waals surface area contributed by atoms with Gasteiger partial charge < -0.3 is 16.2 Å². The van der Waals surface area contributed by atoms with Crippen LogP contribution in [0.15, 0.2) is 18.2 Å². The molecule has 0 aliphatic heterocycles. The molecular formula is C18H24N2O2. The van der Waals surface area contributed by atoms with Gasteiger partial charge in [-0.25, -0.2) is 0 Å². The fourth-order valence-electron chi connectivity index (χ4n) is 5.41. The van der Waals surface area contributed by atoms with Crippen molar-refractivity contribution in [2.45, 2.75) is 45.1 Å². The summed E-state index contributed by atoms with van der Waals surface area (Å²) in [7, 11) is 0. The fourth-order valence-corrected chi connectivity index (χ4v) is 5.41. The highest BCUT2D eigenvalue weighted by Crippen LogP contribution is 2.60. The van der Waals surface area contributed by atoms with Gasteiger partial charge in [0, 0.05) is 16.9 Å². The summed E-state index contributed by atoms with van der Waals surface area (Å²) < 4.78 is 5.67. The van der Waals surface area contributed by atoms with E-state index in [9.17, 15) is 4.79 Å². The van der Waals surface area contributed by atoms with Crippen LogP contribution in [-0.2, 0) is 16.1 Å². The van der Waals surface area contributed by atoms with Gasteiger partial charge in [-0.2, -0.15) is 0 Å². The number of nitrogen functional groups attached to an aromatic ring is 2. The van der Waals surface area contributed by atoms with Crippen LogP contribution < -0.4 is 11.5 Å². The van der Waals surface area contributed by atoms with E-state index >= 15 is 0 Å². The maximum absolute atomic E-state index is 12.8. The first kappa shape index (κ1) is 13.9. The van der Waals surface area contributed by atoms with Crippen LogP contribution in [0.25, 0.3) is 0 Å². The summed E-state index contributed by atoms with van der Waals surface area (Å²) >= 11 is 0. The van der Waals surface area contributed by atoms with Gasteiger partial charge in [0.15, 0.2) is 0 Å². The Labute approximate surface area is 131 Å². The minimum atomic E-state index is -0.205. The molecular weight excluding hydrogens is 276 g/mol. The van der Waals surface area contributed by atoms with Crippen LogP contribution in [0, 0.1) is 23.2 Å². The van der Waals surface area contributed by atoms with Crippen molar-refractivity contribution in [1.29, 1.82) is 0 Å². The molecule has 118 valence electrons. The average molecular weight is 300 g/mol. The fraction of sp³-hybridized carbons (Fsp3) is 0.611. The highest BCUT2D eigenvalue weighted by Gasteiger charge is 2.55. The van der Waals surface area contributed by atoms with Crippen molar-refractivity contribution < 1.29 is 9.53 Å². The summed E-state index contributed by atoms with van der Waals surface area (Å²) in [5, 5.41) is 0. The normalized spacial score (nSPS) is 35.5. The lowest BCUT2D eigenvalue weighted by molar-refractivity contribution is -0.172. The molecule has 0 aromatic heterocycles. The number of nitrogens with two attached hydrogens (primary N) is 2. The highest BCUT2D eigenvalue weighted by atomic mass is 16.5. The Bertz CT molecular complexity index is 576. The number of carbonyl (C=O) groups is 1. The molecule has 4 nitrogen and oxygen atoms in total. The minimum absolute atomic E-state index is 0.00609. The highest BCUT2D eigenvalue weighted by molar-refractivity contribution is 5.77. The molecule has 0 amide bonds. The van der Waals surface area contributed by atoms with Crippen LogP contribution in [0.1, 0.15) is 44.1 Å². The van der Waals surface area contributed by atoms with Crippen LogP contribution in [-0.4, -0.2) is 5.97 Å². The molecule has 0 spiro atoms. The minimum Gasteiger partial charge on any atom is -0.460 e. The van der Waals surface area contributed by atoms with E-state index in [2.05, 4.69) is 0 Å². The van der Waals surface area contributed by atoms with Gasteiger partial charge in [-0.15, -0.1) is 0 Å². The van der Waals surface area contributed by atoms with E-state index < -0.39 is 0 Å². The Kier molecular flexibility index (Phi) is 3.10. The quantitative estimate of drug-likeness (QED) is 0.664. The van der Waals surface area contributed by atoms with E-state index in [1.807, 2.05) is 0 Å². The molecule has 1 aromatic rings. The molecule has 0 saturated heterocycles. The number of anilines is 2. The van der Waals surface area contributed by atoms with E-state index in [4.69, 9.17) is 16.2 Å². The lowest BCUT2D eigenvalue weighted by Crippen LogP contribution is -2.50. The van der Waals surface area contributed by atoms with Crippen LogP contribution in [0.5, 0.6) is 0 Å². The number of benzene rings is 1. The van der Waals surface area contributed by atoms with Crippen molar-refractivity contribution in [2.75, 3.05) is 11.5 Å². The molecule has 22 heavy (non-hydrogen) atoms. The van der Waals surface area contributed by atoms with Gasteiger partial charge in [-0.05, 0) is 74.5 Å². The number of rotatable bonds is 3. The van der Waals surface area contributed by atoms with Gasteiger partial charge >= 0.3 is 5.97 Å². The van der Waals surface area contributed by atoms with Crippen molar-refractivity contribution in [3.63, 3.8) is 0 Å². The van der Waals surface area contributed by atoms with E-state index in [1.165, 1.54) is 19.3 Å². The van der Waals surface area contributed by atoms with Gasteiger partial charge in [-0.1, -0.05) is 0 Å². The molecule has 5 rings (SSSR count). The second-order valence-electron chi connectivity index (χ2n) is 7.73. The number of hydrogen-bond donors (Lipinski definition) is 2. The van der Waals surface area contributed by atoms with Crippen molar-refractivity contribution in [3.05, 3.63) is 23.8 Å². The van der Waals surface area contributed by atoms with Crippen molar-refractivity contribution >= 4 is 17.3 Å². The van der Waals surface area contributed by atoms with Gasteiger partial charge in [0.1, 0.15) is 6.61 Å². The predicted molar refractivity (Wildman–Crippen MR) is 85.7 cm³/mol. The topological polar surface area (TPSA) is 78.3 Å². The standard InChI is InChI=1S/C18H24N2O2/c19-15-1-2-16(20)14(6-15)10-22-17(21)18-7-11-3-12(8-18)5-13(4-11)9-18/h1-2,6,11-13H,3-5,7-10,19-20H2. The number of carbonyl (C=O) groups excluding carboxylic acids is 1. The predicted octanol–water partition coefficient (Wildman–Crippen LogP) is 3.11. The average Bonchev–Trinajstić information content (AvgIpc) is 2.46. The van der Waals surface area contributed by atoms with E-state index in [1.54, 1.807) is 18.2 Å². The molecule has 0 heterocycles. The van der Waals surface area contributed by atoms with Gasteiger partial charge in [0.25, 0.3) is 0 Å². The summed E-state index contributed by atoms with van der Waals surface area (Å²) in [6.45, 7) is 0.234. The number of ether oxygens (including phenoxy) is 1. The molecule has 4 aliphatic carbocycles. The first-order chi connectivity index (χ1) is 10.5. The molecule has 4 saturated carbocycles. The van der Waals surface area contributed by atoms with Crippen LogP contribution in [0.4, 0.5) is 11.4 Å². The SMILES string of the molecule is Nc1ccc(N)c(COC(=O)C23CC4CC(CC(C4)C2)C3)c1. The molecule has 4 N–H and O–H groups in total. The Morgan fingerprint density at radius 1 is 1.09 bits per heavy atom. The smallest absolute Gasteiger partial charge is 0.312 e. The molecule has 0 atom stereocenters. The zero-order valence-corrected chi connectivity index (χ0v) is 12.9. The first-order valence-corrected chi connectivity index (χ1v) is 8.35. The van der Waals surface area contributed by atoms with E-state index in [0.717, 1.165) is 42.6 Å². The van der Waals surface area contributed by atoms with Gasteiger partial charge in [-0.3, -0.25) is 4.79 Å². The summed E-state index contributed by atoms with van der Waals surface area (Å²) in [5.41, 5.74) is 13.6. The summed E-state index contributed by atoms with van der Waals surface area (Å²) in [4.78, 5) is 12.8. The molecule has 4 fully saturated rings. The Hall–Kier alpha value is -1.71. The molecule has 4 bridgehead atoms. The summed E-state index contributed by atoms with van der Waals surface area (Å²) in [5.74, 6) is 2.23. The molecule has 0 unspecified atom stereocenters. The third-order valence-electron chi connectivity index (χ3n) is 6.00. The van der Waals surface area contributed by atoms with Gasteiger partial charge in [0.2, 0.25) is 0 Å². The Morgan fingerprint density at radius 2 is 1.68 bits per heavy atom. The summed E-state index contributed by atoms with van der Waals surface area (Å²) in [6.07, 6.45) is 7.08. The zero-order chi connectivity index (χ0) is 15.3. The second kappa shape index (κ2) is 4.90. The van der Waals surface area contributed by atoms with Crippen LogP contribution in [0.3, 0.4) is 0 Å². The Morgan fingerprint density at radius 3 is 2.27 bits per heavy atom. The largest absolute Gasteiger partial charge is 0.460 e. The molecule has 1 aromatic carbocycles. The zero-order valence-electron chi connectivity index (χ0n) is 12.9. The van der Waals surface area contributed by atoms with Crippen LogP contribution >= 0.6 is 0 Å². The summed E-state index contributed by atoms with van der Waals surface area (Å²) in [6, 6.07) is 5.32. The second-order valence-corrected chi connectivity index (χ2v) is 7.73. The van der Waals surface area contributed by atoms with Gasteiger partial charge in [0.05, 0.1) is 5.41 Å². The number of esters is 1. The third kappa shape index (κ3) is 2.25. The maximum Gasteiger partial charge on any atom is 0.312 e. The van der Waals surface area contributed by atoms with Crippen molar-refractivity contribution in [3.8, 4) is 0 Å².